The number of amides is 1. The van der Waals surface area contributed by atoms with Gasteiger partial charge in [-0.2, -0.15) is 0 Å². The van der Waals surface area contributed by atoms with Gasteiger partial charge in [0.25, 0.3) is 5.91 Å². The van der Waals surface area contributed by atoms with Crippen LogP contribution in [0.3, 0.4) is 0 Å². The van der Waals surface area contributed by atoms with E-state index in [4.69, 9.17) is 0 Å². The first-order valence-electron chi connectivity index (χ1n) is 5.94. The molecule has 6 nitrogen and oxygen atoms in total. The molecule has 1 atom stereocenters. The van der Waals surface area contributed by atoms with Crippen molar-refractivity contribution in [3.05, 3.63) is 16.3 Å². The third-order valence-corrected chi connectivity index (χ3v) is 5.89. The van der Waals surface area contributed by atoms with E-state index >= 15 is 0 Å². The molecule has 1 aromatic rings. The average Bonchev–Trinajstić information content (AvgIpc) is 2.98. The first kappa shape index (κ1) is 14.4. The summed E-state index contributed by atoms with van der Waals surface area (Å²) in [4.78, 5) is 12.5. The monoisotopic (exact) mass is 303 g/mol. The molecule has 1 aliphatic heterocycles. The molecule has 0 saturated carbocycles. The first-order valence-corrected chi connectivity index (χ1v) is 8.26. The van der Waals surface area contributed by atoms with Crippen molar-refractivity contribution in [2.45, 2.75) is 17.4 Å². The third kappa shape index (κ3) is 2.97. The molecule has 106 valence electrons. The quantitative estimate of drug-likeness (QED) is 0.826. The van der Waals surface area contributed by atoms with E-state index in [0.29, 0.717) is 0 Å². The van der Waals surface area contributed by atoms with Crippen molar-refractivity contribution >= 4 is 27.3 Å². The van der Waals surface area contributed by atoms with Crippen molar-refractivity contribution in [2.24, 2.45) is 0 Å². The van der Waals surface area contributed by atoms with Crippen molar-refractivity contribution in [1.82, 2.24) is 14.9 Å². The number of carbonyl (C=O) groups excluding carboxylic acids is 1. The minimum atomic E-state index is -3.58. The lowest BCUT2D eigenvalue weighted by Crippen LogP contribution is -2.36. The van der Waals surface area contributed by atoms with E-state index in [-0.39, 0.29) is 21.7 Å². The standard InChI is InChI=1S/C11H17N3O3S2/c1-14(2)19(16,17)9-4-6-18-10(9)11(15)13-8-3-5-12-7-8/h4,6,8,12H,3,5,7H2,1-2H3,(H,13,15). The highest BCUT2D eigenvalue weighted by Gasteiger charge is 2.27. The zero-order valence-electron chi connectivity index (χ0n) is 10.8. The van der Waals surface area contributed by atoms with Gasteiger partial charge in [-0.1, -0.05) is 0 Å². The topological polar surface area (TPSA) is 78.5 Å². The van der Waals surface area contributed by atoms with Crippen molar-refractivity contribution in [3.63, 3.8) is 0 Å². The van der Waals surface area contributed by atoms with Crippen LogP contribution in [-0.2, 0) is 10.0 Å². The van der Waals surface area contributed by atoms with Gasteiger partial charge in [0.15, 0.2) is 0 Å². The summed E-state index contributed by atoms with van der Waals surface area (Å²) in [5, 5.41) is 7.63. The lowest BCUT2D eigenvalue weighted by molar-refractivity contribution is 0.0941. The maximum Gasteiger partial charge on any atom is 0.263 e. The Morgan fingerprint density at radius 1 is 1.53 bits per heavy atom. The van der Waals surface area contributed by atoms with Crippen molar-refractivity contribution in [3.8, 4) is 0 Å². The summed E-state index contributed by atoms with van der Waals surface area (Å²) >= 11 is 1.15. The second-order valence-corrected chi connectivity index (χ2v) is 7.60. The molecule has 2 rings (SSSR count). The predicted octanol–water partition coefficient (Wildman–Crippen LogP) is 0.0901. The van der Waals surface area contributed by atoms with Crippen molar-refractivity contribution < 1.29 is 13.2 Å². The van der Waals surface area contributed by atoms with Crippen LogP contribution >= 0.6 is 11.3 Å². The summed E-state index contributed by atoms with van der Waals surface area (Å²) in [6.07, 6.45) is 0.868. The summed E-state index contributed by atoms with van der Waals surface area (Å²) in [7, 11) is -0.668. The number of nitrogens with one attached hydrogen (secondary N) is 2. The van der Waals surface area contributed by atoms with Gasteiger partial charge in [0.2, 0.25) is 10.0 Å². The summed E-state index contributed by atoms with van der Waals surface area (Å²) in [5.41, 5.74) is 0. The van der Waals surface area contributed by atoms with Crippen LogP contribution in [0, 0.1) is 0 Å². The number of rotatable bonds is 4. The number of sulfonamides is 1. The van der Waals surface area contributed by atoms with Gasteiger partial charge in [0.05, 0.1) is 0 Å². The van der Waals surface area contributed by atoms with Crippen molar-refractivity contribution in [1.29, 1.82) is 0 Å². The molecule has 8 heteroatoms. The van der Waals surface area contributed by atoms with Crippen LogP contribution in [0.15, 0.2) is 16.3 Å². The maximum absolute atomic E-state index is 12.1. The fourth-order valence-electron chi connectivity index (χ4n) is 1.89. The highest BCUT2D eigenvalue weighted by molar-refractivity contribution is 7.89. The lowest BCUT2D eigenvalue weighted by atomic mass is 10.2. The van der Waals surface area contributed by atoms with E-state index in [1.165, 1.54) is 20.2 Å². The van der Waals surface area contributed by atoms with Gasteiger partial charge >= 0.3 is 0 Å². The van der Waals surface area contributed by atoms with Crippen LogP contribution in [0.5, 0.6) is 0 Å². The molecule has 1 fully saturated rings. The second kappa shape index (κ2) is 5.58. The molecular weight excluding hydrogens is 286 g/mol. The Morgan fingerprint density at radius 2 is 2.26 bits per heavy atom. The summed E-state index contributed by atoms with van der Waals surface area (Å²) < 4.78 is 25.3. The molecule has 2 N–H and O–H groups in total. The van der Waals surface area contributed by atoms with Crippen molar-refractivity contribution in [2.75, 3.05) is 27.2 Å². The first-order chi connectivity index (χ1) is 8.93. The van der Waals surface area contributed by atoms with Gasteiger partial charge in [-0.25, -0.2) is 12.7 Å². The number of hydrogen-bond acceptors (Lipinski definition) is 5. The predicted molar refractivity (Wildman–Crippen MR) is 73.9 cm³/mol. The van der Waals surface area contributed by atoms with Gasteiger partial charge < -0.3 is 10.6 Å². The van der Waals surface area contributed by atoms with E-state index < -0.39 is 10.0 Å². The zero-order chi connectivity index (χ0) is 14.0. The van der Waals surface area contributed by atoms with Crippen LogP contribution in [-0.4, -0.2) is 51.9 Å². The molecule has 0 spiro atoms. The lowest BCUT2D eigenvalue weighted by Gasteiger charge is -2.14. The van der Waals surface area contributed by atoms with Crippen LogP contribution in [0.2, 0.25) is 0 Å². The summed E-state index contributed by atoms with van der Waals surface area (Å²) in [6.45, 7) is 1.60. The Hall–Kier alpha value is -0.960. The minimum absolute atomic E-state index is 0.0736. The van der Waals surface area contributed by atoms with Gasteiger partial charge in [0, 0.05) is 26.7 Å². The Kier molecular flexibility index (Phi) is 4.24. The molecule has 0 radical (unpaired) electrons. The van der Waals surface area contributed by atoms with Gasteiger partial charge in [-0.05, 0) is 24.4 Å². The van der Waals surface area contributed by atoms with E-state index in [9.17, 15) is 13.2 Å². The second-order valence-electron chi connectivity index (χ2n) is 4.56. The van der Waals surface area contributed by atoms with Gasteiger partial charge in [-0.15, -0.1) is 11.3 Å². The number of carbonyl (C=O) groups is 1. The average molecular weight is 303 g/mol. The summed E-state index contributed by atoms with van der Waals surface area (Å²) in [5.74, 6) is -0.316. The molecule has 1 aromatic heterocycles. The Bertz CT molecular complexity index is 559. The number of thiophene rings is 1. The van der Waals surface area contributed by atoms with Crippen LogP contribution in [0.1, 0.15) is 16.1 Å². The Labute approximate surface area is 116 Å². The zero-order valence-corrected chi connectivity index (χ0v) is 12.5. The molecule has 0 aliphatic carbocycles. The highest BCUT2D eigenvalue weighted by atomic mass is 32.2. The molecule has 1 unspecified atom stereocenters. The van der Waals surface area contributed by atoms with Gasteiger partial charge in [-0.3, -0.25) is 4.79 Å². The Morgan fingerprint density at radius 3 is 2.84 bits per heavy atom. The van der Waals surface area contributed by atoms with E-state index in [0.717, 1.165) is 35.2 Å². The smallest absolute Gasteiger partial charge is 0.263 e. The van der Waals surface area contributed by atoms with Crippen LogP contribution in [0.4, 0.5) is 0 Å². The minimum Gasteiger partial charge on any atom is -0.347 e. The SMILES string of the molecule is CN(C)S(=O)(=O)c1ccsc1C(=O)NC1CCNC1. The van der Waals surface area contributed by atoms with Crippen LogP contribution in [0.25, 0.3) is 0 Å². The highest BCUT2D eigenvalue weighted by Crippen LogP contribution is 2.24. The third-order valence-electron chi connectivity index (χ3n) is 2.99. The molecular formula is C11H17N3O3S2. The molecule has 1 amide bonds. The number of nitrogens with zero attached hydrogens (tertiary/aromatic N) is 1. The van der Waals surface area contributed by atoms with E-state index in [2.05, 4.69) is 10.6 Å². The maximum atomic E-state index is 12.1. The fraction of sp³-hybridized carbons (Fsp3) is 0.545. The largest absolute Gasteiger partial charge is 0.347 e. The fourth-order valence-corrected chi connectivity index (χ4v) is 4.09. The normalized spacial score (nSPS) is 19.8. The molecule has 1 saturated heterocycles. The summed E-state index contributed by atoms with van der Waals surface area (Å²) in [6, 6.07) is 1.55. The number of hydrogen-bond donors (Lipinski definition) is 2. The van der Waals surface area contributed by atoms with Crippen LogP contribution < -0.4 is 10.6 Å². The van der Waals surface area contributed by atoms with E-state index in [1.54, 1.807) is 5.38 Å². The molecule has 0 bridgehead atoms. The molecule has 1 aliphatic rings. The van der Waals surface area contributed by atoms with Gasteiger partial charge in [0.1, 0.15) is 9.77 Å². The molecule has 2 heterocycles. The molecule has 0 aromatic carbocycles. The van der Waals surface area contributed by atoms with E-state index in [1.807, 2.05) is 0 Å². The Balaban J connectivity index is 2.22. The molecule has 19 heavy (non-hydrogen) atoms.